The molecule has 2 aromatic carbocycles. The number of aryl methyl sites for hydroxylation is 1. The lowest BCUT2D eigenvalue weighted by atomic mass is 9.76. The van der Waals surface area contributed by atoms with Gasteiger partial charge in [0.1, 0.15) is 0 Å². The number of rotatable bonds is 9. The summed E-state index contributed by atoms with van der Waals surface area (Å²) < 4.78 is 5.30. The minimum absolute atomic E-state index is 0.536. The van der Waals surface area contributed by atoms with Gasteiger partial charge in [-0.2, -0.15) is 0 Å². The fourth-order valence-corrected chi connectivity index (χ4v) is 5.18. The quantitative estimate of drug-likeness (QED) is 0.418. The molecule has 1 fully saturated rings. The maximum atomic E-state index is 6.82. The topological polar surface area (TPSA) is 12.5 Å². The average Bonchev–Trinajstić information content (AvgIpc) is 2.74. The van der Waals surface area contributed by atoms with Crippen molar-refractivity contribution in [3.63, 3.8) is 0 Å². The monoisotopic (exact) mass is 413 g/mol. The Morgan fingerprint density at radius 1 is 1.17 bits per heavy atom. The van der Waals surface area contributed by atoms with Gasteiger partial charge in [-0.1, -0.05) is 61.3 Å². The van der Waals surface area contributed by atoms with E-state index in [9.17, 15) is 0 Å². The van der Waals surface area contributed by atoms with E-state index < -0.39 is 0 Å². The number of unbranched alkanes of at least 4 members (excludes halogenated alkanes) is 1. The first-order valence-corrected chi connectivity index (χ1v) is 11.6. The Balaban J connectivity index is 1.98. The lowest BCUT2D eigenvalue weighted by Gasteiger charge is -2.36. The first kappa shape index (κ1) is 22.3. The van der Waals surface area contributed by atoms with Crippen molar-refractivity contribution in [3.8, 4) is 11.1 Å². The molecule has 0 spiro atoms. The van der Waals surface area contributed by atoms with E-state index in [1.165, 1.54) is 61.0 Å². The molecule has 0 aliphatic carbocycles. The highest BCUT2D eigenvalue weighted by molar-refractivity contribution is 6.33. The van der Waals surface area contributed by atoms with Crippen LogP contribution in [-0.4, -0.2) is 38.8 Å². The molecule has 1 saturated heterocycles. The molecule has 0 aromatic heterocycles. The van der Waals surface area contributed by atoms with Gasteiger partial charge in [-0.25, -0.2) is 0 Å². The Kier molecular flexibility index (Phi) is 8.59. The van der Waals surface area contributed by atoms with E-state index in [0.717, 1.165) is 24.5 Å². The van der Waals surface area contributed by atoms with Gasteiger partial charge in [0.15, 0.2) is 0 Å². The van der Waals surface area contributed by atoms with Gasteiger partial charge in [0.2, 0.25) is 0 Å². The van der Waals surface area contributed by atoms with Crippen LogP contribution < -0.4 is 0 Å². The van der Waals surface area contributed by atoms with Crippen molar-refractivity contribution in [2.75, 3.05) is 33.9 Å². The van der Waals surface area contributed by atoms with Crippen LogP contribution in [-0.2, 0) is 11.2 Å². The molecule has 2 unspecified atom stereocenters. The fraction of sp³-hybridized carbons (Fsp3) is 0.538. The van der Waals surface area contributed by atoms with E-state index in [1.54, 1.807) is 7.11 Å². The second kappa shape index (κ2) is 11.2. The molecular formula is C26H36ClNO. The zero-order valence-corrected chi connectivity index (χ0v) is 19.0. The third kappa shape index (κ3) is 5.84. The Morgan fingerprint density at radius 2 is 2.00 bits per heavy atom. The molecule has 0 radical (unpaired) electrons. The van der Waals surface area contributed by atoms with Gasteiger partial charge in [0.05, 0.1) is 0 Å². The predicted molar refractivity (Wildman–Crippen MR) is 125 cm³/mol. The van der Waals surface area contributed by atoms with Crippen LogP contribution >= 0.6 is 11.6 Å². The number of halogens is 1. The second-order valence-electron chi connectivity index (χ2n) is 8.52. The summed E-state index contributed by atoms with van der Waals surface area (Å²) in [5, 5.41) is 0.877. The summed E-state index contributed by atoms with van der Waals surface area (Å²) in [5.74, 6) is 1.22. The lowest BCUT2D eigenvalue weighted by molar-refractivity contribution is 0.172. The Labute approximate surface area is 182 Å². The van der Waals surface area contributed by atoms with Crippen molar-refractivity contribution in [3.05, 3.63) is 58.6 Å². The summed E-state index contributed by atoms with van der Waals surface area (Å²) in [4.78, 5) is 2.50. The average molecular weight is 414 g/mol. The zero-order chi connectivity index (χ0) is 20.6. The van der Waals surface area contributed by atoms with Crippen LogP contribution in [0.4, 0.5) is 0 Å². The van der Waals surface area contributed by atoms with Crippen LogP contribution in [0.25, 0.3) is 11.1 Å². The van der Waals surface area contributed by atoms with Crippen LogP contribution in [0.3, 0.4) is 0 Å². The molecule has 2 nitrogen and oxygen atoms in total. The maximum absolute atomic E-state index is 6.82. The number of piperidine rings is 1. The fourth-order valence-electron chi connectivity index (χ4n) is 4.89. The van der Waals surface area contributed by atoms with Crippen molar-refractivity contribution in [1.29, 1.82) is 0 Å². The zero-order valence-electron chi connectivity index (χ0n) is 18.3. The minimum Gasteiger partial charge on any atom is -0.385 e. The first-order valence-electron chi connectivity index (χ1n) is 11.2. The molecule has 2 aromatic rings. The molecular weight excluding hydrogens is 378 g/mol. The maximum Gasteiger partial charge on any atom is 0.0487 e. The highest BCUT2D eigenvalue weighted by Gasteiger charge is 2.29. The molecule has 0 amide bonds. The molecule has 29 heavy (non-hydrogen) atoms. The Morgan fingerprint density at radius 3 is 2.76 bits per heavy atom. The molecule has 0 N–H and O–H groups in total. The standard InChI is InChI=1S/C26H36ClNO/c1-4-20-10-7-11-21(18-20)26-24(14-8-15-25(26)27)23(13-5-6-17-29-3)22-12-9-16-28(2)19-22/h7-8,10-11,14-15,18,22-23H,4-6,9,12-13,16-17,19H2,1-3H3. The normalized spacial score (nSPS) is 18.7. The third-order valence-electron chi connectivity index (χ3n) is 6.41. The number of likely N-dealkylation sites (tertiary alicyclic amines) is 1. The Hall–Kier alpha value is -1.35. The van der Waals surface area contributed by atoms with Gasteiger partial charge in [-0.05, 0) is 80.3 Å². The summed E-state index contributed by atoms with van der Waals surface area (Å²) >= 11 is 6.82. The summed E-state index contributed by atoms with van der Waals surface area (Å²) in [7, 11) is 4.06. The van der Waals surface area contributed by atoms with E-state index in [1.807, 2.05) is 6.07 Å². The number of nitrogens with zero attached hydrogens (tertiary/aromatic N) is 1. The van der Waals surface area contributed by atoms with Crippen LogP contribution in [0, 0.1) is 5.92 Å². The van der Waals surface area contributed by atoms with Crippen molar-refractivity contribution in [2.45, 2.75) is 51.4 Å². The van der Waals surface area contributed by atoms with Gasteiger partial charge in [0.25, 0.3) is 0 Å². The van der Waals surface area contributed by atoms with Crippen molar-refractivity contribution in [2.24, 2.45) is 5.92 Å². The van der Waals surface area contributed by atoms with Crippen molar-refractivity contribution in [1.82, 2.24) is 4.90 Å². The van der Waals surface area contributed by atoms with Crippen LogP contribution in [0.5, 0.6) is 0 Å². The molecule has 158 valence electrons. The first-order chi connectivity index (χ1) is 14.1. The smallest absolute Gasteiger partial charge is 0.0487 e. The molecule has 0 saturated carbocycles. The highest BCUT2D eigenvalue weighted by atomic mass is 35.5. The largest absolute Gasteiger partial charge is 0.385 e. The molecule has 0 bridgehead atoms. The Bertz CT molecular complexity index is 775. The lowest BCUT2D eigenvalue weighted by Crippen LogP contribution is -2.35. The molecule has 1 heterocycles. The number of methoxy groups -OCH3 is 1. The van der Waals surface area contributed by atoms with Gasteiger partial charge >= 0.3 is 0 Å². The summed E-state index contributed by atoms with van der Waals surface area (Å²) in [6.07, 6.45) is 7.15. The van der Waals surface area contributed by atoms with Crippen LogP contribution in [0.15, 0.2) is 42.5 Å². The molecule has 3 heteroatoms. The van der Waals surface area contributed by atoms with Crippen LogP contribution in [0.2, 0.25) is 5.02 Å². The molecule has 2 atom stereocenters. The molecule has 1 aliphatic rings. The van der Waals surface area contributed by atoms with Gasteiger partial charge in [0, 0.05) is 30.8 Å². The van der Waals surface area contributed by atoms with Gasteiger partial charge < -0.3 is 9.64 Å². The summed E-state index contributed by atoms with van der Waals surface area (Å²) in [5.41, 5.74) is 5.30. The summed E-state index contributed by atoms with van der Waals surface area (Å²) in [6, 6.07) is 15.4. The van der Waals surface area contributed by atoms with E-state index in [-0.39, 0.29) is 0 Å². The van der Waals surface area contributed by atoms with Crippen LogP contribution in [0.1, 0.15) is 56.1 Å². The van der Waals surface area contributed by atoms with Crippen molar-refractivity contribution >= 4 is 11.6 Å². The number of benzene rings is 2. The van der Waals surface area contributed by atoms with E-state index >= 15 is 0 Å². The third-order valence-corrected chi connectivity index (χ3v) is 6.73. The highest BCUT2D eigenvalue weighted by Crippen LogP contribution is 2.42. The van der Waals surface area contributed by atoms with E-state index in [2.05, 4.69) is 55.3 Å². The predicted octanol–water partition coefficient (Wildman–Crippen LogP) is 6.81. The number of ether oxygens (including phenoxy) is 1. The molecule has 1 aliphatic heterocycles. The summed E-state index contributed by atoms with van der Waals surface area (Å²) in [6.45, 7) is 5.45. The van der Waals surface area contributed by atoms with Gasteiger partial charge in [-0.3, -0.25) is 0 Å². The number of hydrogen-bond acceptors (Lipinski definition) is 2. The SMILES string of the molecule is CCc1cccc(-c2c(Cl)cccc2C(CCCCOC)C2CCCN(C)C2)c1. The van der Waals surface area contributed by atoms with Gasteiger partial charge in [-0.15, -0.1) is 0 Å². The van der Waals surface area contributed by atoms with E-state index in [0.29, 0.717) is 11.8 Å². The van der Waals surface area contributed by atoms with Crippen molar-refractivity contribution < 1.29 is 4.74 Å². The second-order valence-corrected chi connectivity index (χ2v) is 8.92. The molecule has 3 rings (SSSR count). The van der Waals surface area contributed by atoms with E-state index in [4.69, 9.17) is 16.3 Å². The minimum atomic E-state index is 0.536. The number of hydrogen-bond donors (Lipinski definition) is 0.